The van der Waals surface area contributed by atoms with E-state index in [1.165, 1.54) is 24.1 Å². The number of halogens is 1. The van der Waals surface area contributed by atoms with Gasteiger partial charge in [0.25, 0.3) is 5.69 Å². The van der Waals surface area contributed by atoms with Crippen molar-refractivity contribution >= 4 is 11.7 Å². The SMILES string of the molecule is COC(=O)c1cn(Cc2cc(F)cc([N+](=O)[O-])c2)nn1. The van der Waals surface area contributed by atoms with Gasteiger partial charge in [0.05, 0.1) is 30.8 Å². The number of esters is 1. The zero-order valence-corrected chi connectivity index (χ0v) is 10.3. The van der Waals surface area contributed by atoms with E-state index < -0.39 is 16.7 Å². The van der Waals surface area contributed by atoms with Gasteiger partial charge in [-0.3, -0.25) is 10.1 Å². The molecule has 0 aliphatic heterocycles. The van der Waals surface area contributed by atoms with Crippen molar-refractivity contribution in [2.75, 3.05) is 7.11 Å². The summed E-state index contributed by atoms with van der Waals surface area (Å²) < 4.78 is 19.0. The number of carbonyl (C=O) groups is 1. The maximum atomic E-state index is 13.3. The molecule has 1 heterocycles. The highest BCUT2D eigenvalue weighted by atomic mass is 19.1. The lowest BCUT2D eigenvalue weighted by Gasteiger charge is -2.01. The first-order chi connectivity index (χ1) is 9.49. The number of hydrogen-bond acceptors (Lipinski definition) is 6. The molecule has 9 heteroatoms. The molecule has 0 amide bonds. The van der Waals surface area contributed by atoms with Gasteiger partial charge in [-0.25, -0.2) is 13.9 Å². The van der Waals surface area contributed by atoms with E-state index in [1.54, 1.807) is 0 Å². The van der Waals surface area contributed by atoms with Gasteiger partial charge in [0.1, 0.15) is 5.82 Å². The van der Waals surface area contributed by atoms with Crippen molar-refractivity contribution in [2.24, 2.45) is 0 Å². The highest BCUT2D eigenvalue weighted by molar-refractivity contribution is 5.86. The Morgan fingerprint density at radius 3 is 2.90 bits per heavy atom. The molecule has 0 radical (unpaired) electrons. The second-order valence-electron chi connectivity index (χ2n) is 3.87. The summed E-state index contributed by atoms with van der Waals surface area (Å²) in [7, 11) is 1.21. The lowest BCUT2D eigenvalue weighted by atomic mass is 10.2. The van der Waals surface area contributed by atoms with Crippen molar-refractivity contribution in [1.29, 1.82) is 0 Å². The molecule has 2 rings (SSSR count). The van der Waals surface area contributed by atoms with Crippen LogP contribution in [0.4, 0.5) is 10.1 Å². The van der Waals surface area contributed by atoms with Crippen LogP contribution in [0.3, 0.4) is 0 Å². The zero-order valence-electron chi connectivity index (χ0n) is 10.3. The van der Waals surface area contributed by atoms with E-state index >= 15 is 0 Å². The molecule has 2 aromatic rings. The van der Waals surface area contributed by atoms with E-state index in [2.05, 4.69) is 15.0 Å². The van der Waals surface area contributed by atoms with Crippen LogP contribution in [0, 0.1) is 15.9 Å². The van der Waals surface area contributed by atoms with Gasteiger partial charge in [-0.2, -0.15) is 0 Å². The monoisotopic (exact) mass is 280 g/mol. The van der Waals surface area contributed by atoms with Gasteiger partial charge < -0.3 is 4.74 Å². The van der Waals surface area contributed by atoms with Crippen molar-refractivity contribution in [1.82, 2.24) is 15.0 Å². The maximum absolute atomic E-state index is 13.3. The number of benzene rings is 1. The van der Waals surface area contributed by atoms with E-state index in [-0.39, 0.29) is 17.9 Å². The summed E-state index contributed by atoms with van der Waals surface area (Å²) in [4.78, 5) is 21.1. The fraction of sp³-hybridized carbons (Fsp3) is 0.182. The third-order valence-electron chi connectivity index (χ3n) is 2.43. The molecule has 104 valence electrons. The second-order valence-corrected chi connectivity index (χ2v) is 3.87. The molecule has 0 aliphatic rings. The first-order valence-corrected chi connectivity index (χ1v) is 5.42. The molecule has 8 nitrogen and oxygen atoms in total. The normalized spacial score (nSPS) is 10.3. The Hall–Kier alpha value is -2.84. The van der Waals surface area contributed by atoms with Crippen molar-refractivity contribution in [2.45, 2.75) is 6.54 Å². The highest BCUT2D eigenvalue weighted by Gasteiger charge is 2.13. The van der Waals surface area contributed by atoms with E-state index in [0.717, 1.165) is 12.1 Å². The molecule has 1 aromatic carbocycles. The molecule has 1 aromatic heterocycles. The summed E-state index contributed by atoms with van der Waals surface area (Å²) in [6.45, 7) is 0.0442. The molecule has 0 saturated carbocycles. The van der Waals surface area contributed by atoms with E-state index in [0.29, 0.717) is 5.56 Å². The van der Waals surface area contributed by atoms with E-state index in [4.69, 9.17) is 0 Å². The summed E-state index contributed by atoms with van der Waals surface area (Å²) in [5, 5.41) is 17.9. The lowest BCUT2D eigenvalue weighted by Crippen LogP contribution is -2.03. The zero-order chi connectivity index (χ0) is 14.7. The molecular formula is C11H9FN4O4. The molecule has 0 bridgehead atoms. The third kappa shape index (κ3) is 2.94. The van der Waals surface area contributed by atoms with E-state index in [1.807, 2.05) is 0 Å². The molecule has 0 fully saturated rings. The number of non-ortho nitro benzene ring substituents is 1. The maximum Gasteiger partial charge on any atom is 0.360 e. The third-order valence-corrected chi connectivity index (χ3v) is 2.43. The van der Waals surface area contributed by atoms with Crippen LogP contribution >= 0.6 is 0 Å². The number of aromatic nitrogens is 3. The van der Waals surface area contributed by atoms with Gasteiger partial charge in [0, 0.05) is 6.07 Å². The van der Waals surface area contributed by atoms with Gasteiger partial charge in [-0.1, -0.05) is 5.21 Å². The minimum Gasteiger partial charge on any atom is -0.464 e. The summed E-state index contributed by atoms with van der Waals surface area (Å²) in [5.41, 5.74) is -0.0234. The Bertz CT molecular complexity index is 670. The Kier molecular flexibility index (Phi) is 3.69. The number of ether oxygens (including phenoxy) is 1. The van der Waals surface area contributed by atoms with Crippen LogP contribution in [0.2, 0.25) is 0 Å². The van der Waals surface area contributed by atoms with Crippen LogP contribution < -0.4 is 0 Å². The summed E-state index contributed by atoms with van der Waals surface area (Å²) in [5.74, 6) is -1.37. The van der Waals surface area contributed by atoms with Gasteiger partial charge in [-0.15, -0.1) is 5.10 Å². The highest BCUT2D eigenvalue weighted by Crippen LogP contribution is 2.17. The van der Waals surface area contributed by atoms with Crippen molar-refractivity contribution < 1.29 is 18.8 Å². The first kappa shape index (κ1) is 13.6. The largest absolute Gasteiger partial charge is 0.464 e. The standard InChI is InChI=1S/C11H9FN4O4/c1-20-11(17)10-6-15(14-13-10)5-7-2-8(12)4-9(3-7)16(18)19/h2-4,6H,5H2,1H3. The number of carbonyl (C=O) groups excluding carboxylic acids is 1. The number of methoxy groups -OCH3 is 1. The van der Waals surface area contributed by atoms with Gasteiger partial charge in [0.2, 0.25) is 0 Å². The molecule has 0 unspecified atom stereocenters. The smallest absolute Gasteiger partial charge is 0.360 e. The predicted octanol–water partition coefficient (Wildman–Crippen LogP) is 1.16. The number of rotatable bonds is 4. The van der Waals surface area contributed by atoms with Crippen LogP contribution in [0.25, 0.3) is 0 Å². The molecular weight excluding hydrogens is 271 g/mol. The topological polar surface area (TPSA) is 100 Å². The fourth-order valence-corrected chi connectivity index (χ4v) is 1.59. The average molecular weight is 280 g/mol. The van der Waals surface area contributed by atoms with Crippen molar-refractivity contribution in [3.8, 4) is 0 Å². The predicted molar refractivity (Wildman–Crippen MR) is 63.5 cm³/mol. The number of nitrogens with zero attached hydrogens (tertiary/aromatic N) is 4. The molecule has 20 heavy (non-hydrogen) atoms. The van der Waals surface area contributed by atoms with Crippen molar-refractivity contribution in [3.05, 3.63) is 51.6 Å². The van der Waals surface area contributed by atoms with Gasteiger partial charge in [-0.05, 0) is 11.6 Å². The van der Waals surface area contributed by atoms with Crippen LogP contribution in [0.1, 0.15) is 16.1 Å². The van der Waals surface area contributed by atoms with Crippen LogP contribution in [-0.4, -0.2) is 33.0 Å². The minimum atomic E-state index is -0.720. The van der Waals surface area contributed by atoms with Crippen LogP contribution in [0.15, 0.2) is 24.4 Å². The second kappa shape index (κ2) is 5.43. The quantitative estimate of drug-likeness (QED) is 0.473. The van der Waals surface area contributed by atoms with Gasteiger partial charge >= 0.3 is 5.97 Å². The minimum absolute atomic E-state index is 0.00148. The summed E-state index contributed by atoms with van der Waals surface area (Å²) >= 11 is 0. The van der Waals surface area contributed by atoms with E-state index in [9.17, 15) is 19.3 Å². The molecule has 0 aliphatic carbocycles. The Labute approximate surface area is 111 Å². The number of nitro groups is 1. The molecule has 0 saturated heterocycles. The molecule has 0 spiro atoms. The summed E-state index contributed by atoms with van der Waals surface area (Å²) in [6, 6.07) is 3.19. The number of hydrogen-bond donors (Lipinski definition) is 0. The molecule has 0 atom stereocenters. The fourth-order valence-electron chi connectivity index (χ4n) is 1.59. The molecule has 0 N–H and O–H groups in total. The Morgan fingerprint density at radius 2 is 2.25 bits per heavy atom. The lowest BCUT2D eigenvalue weighted by molar-refractivity contribution is -0.385. The van der Waals surface area contributed by atoms with Crippen LogP contribution in [-0.2, 0) is 11.3 Å². The average Bonchev–Trinajstić information content (AvgIpc) is 2.85. The summed E-state index contributed by atoms with van der Waals surface area (Å²) in [6.07, 6.45) is 1.31. The number of nitro benzene ring substituents is 1. The van der Waals surface area contributed by atoms with Gasteiger partial charge in [0.15, 0.2) is 5.69 Å². The first-order valence-electron chi connectivity index (χ1n) is 5.42. The van der Waals surface area contributed by atoms with Crippen LogP contribution in [0.5, 0.6) is 0 Å². The Morgan fingerprint density at radius 1 is 1.50 bits per heavy atom. The van der Waals surface area contributed by atoms with Crippen molar-refractivity contribution in [3.63, 3.8) is 0 Å². The Balaban J connectivity index is 2.23.